The maximum absolute atomic E-state index is 12.3. The minimum Gasteiger partial charge on any atom is -0.372 e. The highest BCUT2D eigenvalue weighted by molar-refractivity contribution is 5.92. The van der Waals surface area contributed by atoms with Gasteiger partial charge in [0.1, 0.15) is 11.5 Å². The molecule has 2 unspecified atom stereocenters. The van der Waals surface area contributed by atoms with Crippen molar-refractivity contribution in [2.45, 2.75) is 50.2 Å². The van der Waals surface area contributed by atoms with Gasteiger partial charge in [-0.3, -0.25) is 9.78 Å². The van der Waals surface area contributed by atoms with Crippen LogP contribution in [0.2, 0.25) is 0 Å². The third-order valence-electron chi connectivity index (χ3n) is 4.80. The molecule has 2 aliphatic rings. The molecule has 0 aromatic carbocycles. The first-order valence-electron chi connectivity index (χ1n) is 7.70. The summed E-state index contributed by atoms with van der Waals surface area (Å²) >= 11 is 0. The van der Waals surface area contributed by atoms with E-state index in [2.05, 4.69) is 32.5 Å². The molecule has 3 heterocycles. The Balaban J connectivity index is 1.65. The summed E-state index contributed by atoms with van der Waals surface area (Å²) in [6.07, 6.45) is 9.01. The van der Waals surface area contributed by atoms with Crippen LogP contribution >= 0.6 is 0 Å². The molecule has 2 fully saturated rings. The topological polar surface area (TPSA) is 70.2 Å². The fourth-order valence-corrected chi connectivity index (χ4v) is 3.59. The highest BCUT2D eigenvalue weighted by atomic mass is 16.2. The van der Waals surface area contributed by atoms with E-state index in [9.17, 15) is 4.79 Å². The van der Waals surface area contributed by atoms with Crippen molar-refractivity contribution in [1.82, 2.24) is 20.2 Å². The predicted octanol–water partition coefficient (Wildman–Crippen LogP) is 1.26. The van der Waals surface area contributed by atoms with Crippen LogP contribution in [-0.4, -0.2) is 53.0 Å². The number of nitrogens with zero attached hydrogens (tertiary/aromatic N) is 3. The Morgan fingerprint density at radius 1 is 1.29 bits per heavy atom. The Bertz CT molecular complexity index is 507. The molecule has 0 radical (unpaired) electrons. The third-order valence-corrected chi connectivity index (χ3v) is 4.80. The van der Waals surface area contributed by atoms with E-state index >= 15 is 0 Å². The highest BCUT2D eigenvalue weighted by Crippen LogP contribution is 2.32. The van der Waals surface area contributed by atoms with E-state index in [0.717, 1.165) is 12.8 Å². The number of amides is 1. The first-order valence-corrected chi connectivity index (χ1v) is 7.70. The highest BCUT2D eigenvalue weighted by Gasteiger charge is 2.36. The number of nitrogens with one attached hydrogen (secondary N) is 2. The maximum atomic E-state index is 12.3. The fraction of sp³-hybridized carbons (Fsp3) is 0.667. The maximum Gasteiger partial charge on any atom is 0.271 e. The quantitative estimate of drug-likeness (QED) is 0.877. The number of hydrogen-bond acceptors (Lipinski definition) is 5. The normalized spacial score (nSPS) is 29.0. The van der Waals surface area contributed by atoms with Gasteiger partial charge in [-0.15, -0.1) is 0 Å². The van der Waals surface area contributed by atoms with Gasteiger partial charge >= 0.3 is 0 Å². The van der Waals surface area contributed by atoms with Crippen LogP contribution in [0, 0.1) is 0 Å². The molecule has 21 heavy (non-hydrogen) atoms. The average molecular weight is 289 g/mol. The number of anilines is 1. The molecular formula is C15H23N5O. The Morgan fingerprint density at radius 2 is 2.00 bits per heavy atom. The number of carbonyl (C=O) groups is 1. The molecule has 1 amide bonds. The van der Waals surface area contributed by atoms with Crippen LogP contribution in [0.3, 0.4) is 0 Å². The summed E-state index contributed by atoms with van der Waals surface area (Å²) in [6.45, 7) is 0. The zero-order chi connectivity index (χ0) is 14.8. The number of hydrogen-bond donors (Lipinski definition) is 2. The van der Waals surface area contributed by atoms with Gasteiger partial charge in [-0.1, -0.05) is 6.42 Å². The van der Waals surface area contributed by atoms with Gasteiger partial charge in [-0.05, 0) is 32.7 Å². The minimum atomic E-state index is -0.118. The third kappa shape index (κ3) is 3.00. The Kier molecular flexibility index (Phi) is 4.05. The second kappa shape index (κ2) is 5.97. The lowest BCUT2D eigenvalue weighted by atomic mass is 9.82. The van der Waals surface area contributed by atoms with Crippen molar-refractivity contribution in [3.8, 4) is 0 Å². The zero-order valence-corrected chi connectivity index (χ0v) is 12.7. The molecule has 0 saturated carbocycles. The van der Waals surface area contributed by atoms with Crippen molar-refractivity contribution in [2.75, 3.05) is 19.4 Å². The lowest BCUT2D eigenvalue weighted by Gasteiger charge is -2.47. The lowest BCUT2D eigenvalue weighted by Crippen LogP contribution is -2.55. The first-order chi connectivity index (χ1) is 10.2. The Labute approximate surface area is 125 Å². The molecule has 2 aliphatic heterocycles. The van der Waals surface area contributed by atoms with Gasteiger partial charge in [-0.2, -0.15) is 0 Å². The standard InChI is InChI=1S/C15H23N5O/c1-16-14-9-17-8-13(19-14)15(21)18-10-6-11-4-3-5-12(7-10)20(11)2/h8-12H,3-7H2,1-2H3,(H,16,19)(H,18,21). The van der Waals surface area contributed by atoms with Crippen LogP contribution in [-0.2, 0) is 0 Å². The number of piperidine rings is 2. The Hall–Kier alpha value is -1.69. The molecule has 2 atom stereocenters. The summed E-state index contributed by atoms with van der Waals surface area (Å²) in [5, 5.41) is 6.04. The van der Waals surface area contributed by atoms with Gasteiger partial charge in [0.25, 0.3) is 5.91 Å². The van der Waals surface area contributed by atoms with E-state index in [1.807, 2.05) is 0 Å². The first kappa shape index (κ1) is 14.3. The van der Waals surface area contributed by atoms with Crippen LogP contribution in [0.4, 0.5) is 5.82 Å². The average Bonchev–Trinajstić information content (AvgIpc) is 2.48. The summed E-state index contributed by atoms with van der Waals surface area (Å²) in [5.41, 5.74) is 0.380. The molecule has 3 rings (SSSR count). The van der Waals surface area contributed by atoms with E-state index in [-0.39, 0.29) is 11.9 Å². The Morgan fingerprint density at radius 3 is 2.67 bits per heavy atom. The summed E-state index contributed by atoms with van der Waals surface area (Å²) in [6, 6.07) is 1.47. The molecular weight excluding hydrogens is 266 g/mol. The van der Waals surface area contributed by atoms with Crippen LogP contribution in [0.25, 0.3) is 0 Å². The molecule has 2 N–H and O–H groups in total. The van der Waals surface area contributed by atoms with Gasteiger partial charge < -0.3 is 15.5 Å². The molecule has 6 nitrogen and oxygen atoms in total. The van der Waals surface area contributed by atoms with Gasteiger partial charge in [0.15, 0.2) is 0 Å². The minimum absolute atomic E-state index is 0.118. The molecule has 114 valence electrons. The number of aromatic nitrogens is 2. The van der Waals surface area contributed by atoms with E-state index in [1.54, 1.807) is 13.2 Å². The number of carbonyl (C=O) groups excluding carboxylic acids is 1. The zero-order valence-electron chi connectivity index (χ0n) is 12.7. The number of fused-ring (bicyclic) bond motifs is 2. The van der Waals surface area contributed by atoms with Gasteiger partial charge in [0.2, 0.25) is 0 Å². The van der Waals surface area contributed by atoms with Crippen molar-refractivity contribution in [1.29, 1.82) is 0 Å². The van der Waals surface area contributed by atoms with Crippen LogP contribution in [0.1, 0.15) is 42.6 Å². The second-order valence-corrected chi connectivity index (χ2v) is 6.09. The SMILES string of the molecule is CNc1cncc(C(=O)NC2CC3CCCC(C2)N3C)n1. The molecule has 6 heteroatoms. The fourth-order valence-electron chi connectivity index (χ4n) is 3.59. The van der Waals surface area contributed by atoms with Crippen molar-refractivity contribution < 1.29 is 4.79 Å². The van der Waals surface area contributed by atoms with Crippen molar-refractivity contribution in [2.24, 2.45) is 0 Å². The van der Waals surface area contributed by atoms with Crippen molar-refractivity contribution >= 4 is 11.7 Å². The number of rotatable bonds is 3. The van der Waals surface area contributed by atoms with Crippen LogP contribution < -0.4 is 10.6 Å². The smallest absolute Gasteiger partial charge is 0.271 e. The van der Waals surface area contributed by atoms with Gasteiger partial charge in [-0.25, -0.2) is 4.98 Å². The monoisotopic (exact) mass is 289 g/mol. The van der Waals surface area contributed by atoms with Gasteiger partial charge in [0, 0.05) is 25.2 Å². The van der Waals surface area contributed by atoms with E-state index in [4.69, 9.17) is 0 Å². The van der Waals surface area contributed by atoms with Crippen molar-refractivity contribution in [3.63, 3.8) is 0 Å². The molecule has 1 aromatic rings. The second-order valence-electron chi connectivity index (χ2n) is 6.09. The lowest BCUT2D eigenvalue weighted by molar-refractivity contribution is 0.0462. The summed E-state index contributed by atoms with van der Waals surface area (Å²) in [4.78, 5) is 23.1. The largest absolute Gasteiger partial charge is 0.372 e. The van der Waals surface area contributed by atoms with E-state index < -0.39 is 0 Å². The molecule has 2 saturated heterocycles. The summed E-state index contributed by atoms with van der Waals surface area (Å²) in [7, 11) is 3.98. The van der Waals surface area contributed by atoms with Gasteiger partial charge in [0.05, 0.1) is 12.4 Å². The molecule has 2 bridgehead atoms. The van der Waals surface area contributed by atoms with Crippen molar-refractivity contribution in [3.05, 3.63) is 18.1 Å². The summed E-state index contributed by atoms with van der Waals surface area (Å²) < 4.78 is 0. The van der Waals surface area contributed by atoms with E-state index in [1.165, 1.54) is 25.5 Å². The molecule has 0 spiro atoms. The molecule has 1 aromatic heterocycles. The predicted molar refractivity (Wildman–Crippen MR) is 81.3 cm³/mol. The van der Waals surface area contributed by atoms with Crippen LogP contribution in [0.15, 0.2) is 12.4 Å². The molecule has 0 aliphatic carbocycles. The van der Waals surface area contributed by atoms with E-state index in [0.29, 0.717) is 23.6 Å². The van der Waals surface area contributed by atoms with Crippen LogP contribution in [0.5, 0.6) is 0 Å². The summed E-state index contributed by atoms with van der Waals surface area (Å²) in [5.74, 6) is 0.495.